The van der Waals surface area contributed by atoms with E-state index in [1.165, 1.54) is 13.8 Å². The average Bonchev–Trinajstić information content (AvgIpc) is 2.63. The van der Waals surface area contributed by atoms with Crippen LogP contribution in [0, 0.1) is 0 Å². The predicted octanol–water partition coefficient (Wildman–Crippen LogP) is 4.74. The second kappa shape index (κ2) is 6.68. The van der Waals surface area contributed by atoms with Gasteiger partial charge in [-0.05, 0) is 24.3 Å². The van der Waals surface area contributed by atoms with Gasteiger partial charge in [0.25, 0.3) is 5.79 Å². The van der Waals surface area contributed by atoms with Gasteiger partial charge in [-0.15, -0.1) is 0 Å². The molecule has 0 spiro atoms. The average molecular weight is 421 g/mol. The van der Waals surface area contributed by atoms with Crippen LogP contribution in [0.5, 0.6) is 23.0 Å². The summed E-state index contributed by atoms with van der Waals surface area (Å²) in [6.07, 6.45) is -3.77. The fourth-order valence-electron chi connectivity index (χ4n) is 2.83. The number of cyclic esters (lactones) is 2. The number of para-hydroxylation sites is 2. The Bertz CT molecular complexity index is 1070. The molecule has 0 unspecified atom stereocenters. The first-order valence-corrected chi connectivity index (χ1v) is 8.67. The lowest BCUT2D eigenvalue weighted by molar-refractivity contribution is -0.222. The Kier molecular flexibility index (Phi) is 4.37. The molecule has 0 aromatic heterocycles. The third-order valence-electron chi connectivity index (χ3n) is 4.15. The maximum absolute atomic E-state index is 13.4. The van der Waals surface area contributed by atoms with Crippen LogP contribution in [0.1, 0.15) is 19.4 Å². The van der Waals surface area contributed by atoms with Crippen molar-refractivity contribution in [3.8, 4) is 23.0 Å². The fraction of sp³-hybridized carbons (Fsp3) is 0.200. The minimum absolute atomic E-state index is 0.0450. The van der Waals surface area contributed by atoms with E-state index >= 15 is 0 Å². The topological polar surface area (TPSA) is 83.1 Å². The van der Waals surface area contributed by atoms with E-state index in [4.69, 9.17) is 18.9 Å². The molecule has 2 aromatic carbocycles. The van der Waals surface area contributed by atoms with Gasteiger partial charge in [0.05, 0.1) is 11.3 Å². The lowest BCUT2D eigenvalue weighted by Crippen LogP contribution is -2.42. The number of hydrogen-bond acceptors (Lipinski definition) is 7. The molecule has 0 saturated carbocycles. The van der Waals surface area contributed by atoms with Crippen molar-refractivity contribution in [2.24, 2.45) is 0 Å². The zero-order chi connectivity index (χ0) is 21.7. The lowest BCUT2D eigenvalue weighted by atomic mass is 10.1. The Balaban J connectivity index is 1.73. The molecule has 0 atom stereocenters. The number of esters is 2. The van der Waals surface area contributed by atoms with Crippen molar-refractivity contribution in [2.45, 2.75) is 25.8 Å². The highest BCUT2D eigenvalue weighted by Crippen LogP contribution is 2.51. The summed E-state index contributed by atoms with van der Waals surface area (Å²) in [5.74, 6) is -3.09. The summed E-state index contributed by atoms with van der Waals surface area (Å²) < 4.78 is 61.2. The van der Waals surface area contributed by atoms with Gasteiger partial charge in [-0.25, -0.2) is 9.59 Å². The highest BCUT2D eigenvalue weighted by atomic mass is 19.4. The highest BCUT2D eigenvalue weighted by Gasteiger charge is 2.39. The van der Waals surface area contributed by atoms with Crippen LogP contribution in [0.15, 0.2) is 48.2 Å². The van der Waals surface area contributed by atoms with E-state index in [2.05, 4.69) is 5.32 Å². The van der Waals surface area contributed by atoms with Crippen molar-refractivity contribution in [2.75, 3.05) is 5.32 Å². The minimum atomic E-state index is -4.67. The SMILES string of the molecule is CC1(C)OC(=O)C(=CNc2cc(C(F)(F)F)cc3c2Oc2ccccc2O3)C(=O)O1. The van der Waals surface area contributed by atoms with E-state index in [1.54, 1.807) is 24.3 Å². The van der Waals surface area contributed by atoms with Crippen molar-refractivity contribution in [1.29, 1.82) is 0 Å². The Labute approximate surface area is 168 Å². The van der Waals surface area contributed by atoms with Gasteiger partial charge >= 0.3 is 18.1 Å². The normalized spacial score (nSPS) is 16.9. The summed E-state index contributed by atoms with van der Waals surface area (Å²) in [5.41, 5.74) is -1.70. The first-order chi connectivity index (χ1) is 14.0. The third kappa shape index (κ3) is 3.63. The van der Waals surface area contributed by atoms with E-state index < -0.39 is 35.0 Å². The number of alkyl halides is 3. The van der Waals surface area contributed by atoms with Gasteiger partial charge in [-0.2, -0.15) is 13.2 Å². The molecule has 30 heavy (non-hydrogen) atoms. The molecule has 0 bridgehead atoms. The molecule has 156 valence electrons. The number of carbonyl (C=O) groups is 2. The smallest absolute Gasteiger partial charge is 0.416 e. The second-order valence-corrected chi connectivity index (χ2v) is 6.88. The van der Waals surface area contributed by atoms with Gasteiger partial charge in [0.15, 0.2) is 28.6 Å². The molecular weight excluding hydrogens is 407 g/mol. The Morgan fingerprint density at radius 2 is 1.53 bits per heavy atom. The summed E-state index contributed by atoms with van der Waals surface area (Å²) in [6.45, 7) is 2.75. The van der Waals surface area contributed by atoms with Crippen LogP contribution >= 0.6 is 0 Å². The Morgan fingerprint density at radius 1 is 0.933 bits per heavy atom. The van der Waals surface area contributed by atoms with Crippen molar-refractivity contribution < 1.29 is 41.7 Å². The quantitative estimate of drug-likeness (QED) is 0.364. The molecule has 0 amide bonds. The van der Waals surface area contributed by atoms with Crippen LogP contribution in [-0.2, 0) is 25.2 Å². The van der Waals surface area contributed by atoms with E-state index in [1.807, 2.05) is 0 Å². The van der Waals surface area contributed by atoms with Crippen LogP contribution in [0.3, 0.4) is 0 Å². The minimum Gasteiger partial charge on any atom is -0.449 e. The number of carbonyl (C=O) groups excluding carboxylic acids is 2. The molecule has 4 rings (SSSR count). The van der Waals surface area contributed by atoms with Gasteiger partial charge in [-0.3, -0.25) is 0 Å². The summed E-state index contributed by atoms with van der Waals surface area (Å²) in [6, 6.07) is 8.01. The van der Waals surface area contributed by atoms with Crippen molar-refractivity contribution in [3.05, 3.63) is 53.7 Å². The van der Waals surface area contributed by atoms with E-state index in [9.17, 15) is 22.8 Å². The van der Waals surface area contributed by atoms with Gasteiger partial charge in [0.2, 0.25) is 0 Å². The Hall–Kier alpha value is -3.69. The van der Waals surface area contributed by atoms with Crippen molar-refractivity contribution in [1.82, 2.24) is 0 Å². The predicted molar refractivity (Wildman–Crippen MR) is 96.0 cm³/mol. The van der Waals surface area contributed by atoms with E-state index in [-0.39, 0.29) is 22.9 Å². The largest absolute Gasteiger partial charge is 0.449 e. The number of fused-ring (bicyclic) bond motifs is 2. The van der Waals surface area contributed by atoms with Crippen LogP contribution in [0.4, 0.5) is 18.9 Å². The molecule has 2 aromatic rings. The van der Waals surface area contributed by atoms with Gasteiger partial charge < -0.3 is 24.3 Å². The number of benzene rings is 2. The summed E-state index contributed by atoms with van der Waals surface area (Å²) in [7, 11) is 0. The number of hydrogen-bond donors (Lipinski definition) is 1. The first-order valence-electron chi connectivity index (χ1n) is 8.67. The molecule has 0 radical (unpaired) electrons. The van der Waals surface area contributed by atoms with Crippen LogP contribution in [0.2, 0.25) is 0 Å². The van der Waals surface area contributed by atoms with Crippen molar-refractivity contribution in [3.63, 3.8) is 0 Å². The molecular formula is C20H14F3NO6. The number of ether oxygens (including phenoxy) is 4. The van der Waals surface area contributed by atoms with Gasteiger partial charge in [0.1, 0.15) is 0 Å². The van der Waals surface area contributed by atoms with Crippen LogP contribution in [-0.4, -0.2) is 17.7 Å². The summed E-state index contributed by atoms with van der Waals surface area (Å²) in [4.78, 5) is 24.1. The summed E-state index contributed by atoms with van der Waals surface area (Å²) in [5, 5.41) is 2.51. The number of halogens is 3. The highest BCUT2D eigenvalue weighted by molar-refractivity contribution is 6.15. The molecule has 7 nitrogen and oxygen atoms in total. The standard InChI is InChI=1S/C20H14F3NO6/c1-19(2)29-17(25)11(18(26)30-19)9-24-12-7-10(20(21,22)23)8-15-16(12)28-14-6-4-3-5-13(14)27-15/h3-9,24H,1-2H3. The van der Waals surface area contributed by atoms with Gasteiger partial charge in [0, 0.05) is 20.0 Å². The van der Waals surface area contributed by atoms with Crippen molar-refractivity contribution >= 4 is 17.6 Å². The van der Waals surface area contributed by atoms with Crippen LogP contribution in [0.25, 0.3) is 0 Å². The number of nitrogens with one attached hydrogen (secondary N) is 1. The van der Waals surface area contributed by atoms with Gasteiger partial charge in [-0.1, -0.05) is 12.1 Å². The molecule has 10 heteroatoms. The Morgan fingerprint density at radius 3 is 2.13 bits per heavy atom. The molecule has 1 fully saturated rings. The monoisotopic (exact) mass is 421 g/mol. The third-order valence-corrected chi connectivity index (χ3v) is 4.15. The first kappa shape index (κ1) is 19.6. The summed E-state index contributed by atoms with van der Waals surface area (Å²) >= 11 is 0. The van der Waals surface area contributed by atoms with E-state index in [0.717, 1.165) is 18.3 Å². The zero-order valence-corrected chi connectivity index (χ0v) is 15.6. The second-order valence-electron chi connectivity index (χ2n) is 6.88. The molecule has 2 aliphatic heterocycles. The zero-order valence-electron chi connectivity index (χ0n) is 15.6. The molecule has 2 heterocycles. The number of anilines is 1. The van der Waals surface area contributed by atoms with E-state index in [0.29, 0.717) is 5.75 Å². The fourth-order valence-corrected chi connectivity index (χ4v) is 2.83. The molecule has 2 aliphatic rings. The molecule has 1 N–H and O–H groups in total. The maximum atomic E-state index is 13.4. The lowest BCUT2D eigenvalue weighted by Gasteiger charge is -2.29. The number of rotatable bonds is 2. The molecule has 0 aliphatic carbocycles. The maximum Gasteiger partial charge on any atom is 0.416 e. The molecule has 1 saturated heterocycles. The van der Waals surface area contributed by atoms with Crippen LogP contribution < -0.4 is 14.8 Å².